The standard InChI is InChI=1S/C15H22N2O2/c1-11-8-12(4-7-14(11)19-3)10-17(2)15(18)9-16-13-5-6-13/h4,7-8,13,16H,5-6,9-10H2,1-3H3. The summed E-state index contributed by atoms with van der Waals surface area (Å²) in [4.78, 5) is 13.7. The lowest BCUT2D eigenvalue weighted by Gasteiger charge is -2.18. The molecule has 0 heterocycles. The van der Waals surface area contributed by atoms with Gasteiger partial charge in [-0.3, -0.25) is 4.79 Å². The maximum absolute atomic E-state index is 11.9. The molecule has 0 atom stereocenters. The highest BCUT2D eigenvalue weighted by molar-refractivity contribution is 5.78. The van der Waals surface area contributed by atoms with Gasteiger partial charge in [-0.25, -0.2) is 0 Å². The first-order valence-corrected chi connectivity index (χ1v) is 6.71. The molecule has 0 spiro atoms. The van der Waals surface area contributed by atoms with E-state index < -0.39 is 0 Å². The van der Waals surface area contributed by atoms with Gasteiger partial charge in [-0.05, 0) is 37.0 Å². The summed E-state index contributed by atoms with van der Waals surface area (Å²) in [6.07, 6.45) is 2.41. The molecule has 1 N–H and O–H groups in total. The maximum atomic E-state index is 11.9. The van der Waals surface area contributed by atoms with Crippen molar-refractivity contribution in [3.05, 3.63) is 29.3 Å². The van der Waals surface area contributed by atoms with E-state index in [9.17, 15) is 4.79 Å². The fourth-order valence-electron chi connectivity index (χ4n) is 2.05. The number of carbonyl (C=O) groups is 1. The van der Waals surface area contributed by atoms with Gasteiger partial charge in [0.1, 0.15) is 5.75 Å². The highest BCUT2D eigenvalue weighted by Gasteiger charge is 2.22. The summed E-state index contributed by atoms with van der Waals surface area (Å²) < 4.78 is 5.23. The van der Waals surface area contributed by atoms with Crippen molar-refractivity contribution in [1.82, 2.24) is 10.2 Å². The Labute approximate surface area is 114 Å². The molecule has 0 aromatic heterocycles. The summed E-state index contributed by atoms with van der Waals surface area (Å²) in [7, 11) is 3.51. The van der Waals surface area contributed by atoms with Gasteiger partial charge in [-0.1, -0.05) is 12.1 Å². The van der Waals surface area contributed by atoms with Gasteiger partial charge in [0.2, 0.25) is 5.91 Å². The van der Waals surface area contributed by atoms with E-state index in [4.69, 9.17) is 4.74 Å². The first-order valence-electron chi connectivity index (χ1n) is 6.71. The van der Waals surface area contributed by atoms with Crippen LogP contribution >= 0.6 is 0 Å². The van der Waals surface area contributed by atoms with Crippen molar-refractivity contribution in [2.75, 3.05) is 20.7 Å². The van der Waals surface area contributed by atoms with E-state index in [1.165, 1.54) is 12.8 Å². The topological polar surface area (TPSA) is 41.6 Å². The fourth-order valence-corrected chi connectivity index (χ4v) is 2.05. The molecule has 1 aromatic carbocycles. The molecule has 4 heteroatoms. The Morgan fingerprint density at radius 1 is 1.47 bits per heavy atom. The zero-order valence-electron chi connectivity index (χ0n) is 11.9. The smallest absolute Gasteiger partial charge is 0.236 e. The third kappa shape index (κ3) is 3.96. The van der Waals surface area contributed by atoms with Crippen LogP contribution < -0.4 is 10.1 Å². The van der Waals surface area contributed by atoms with Crippen LogP contribution in [0, 0.1) is 6.92 Å². The predicted molar refractivity (Wildman–Crippen MR) is 75.2 cm³/mol. The molecule has 1 fully saturated rings. The van der Waals surface area contributed by atoms with Crippen molar-refractivity contribution < 1.29 is 9.53 Å². The Hall–Kier alpha value is -1.55. The number of benzene rings is 1. The minimum atomic E-state index is 0.139. The molecule has 0 saturated heterocycles. The minimum absolute atomic E-state index is 0.139. The van der Waals surface area contributed by atoms with Gasteiger partial charge in [-0.15, -0.1) is 0 Å². The van der Waals surface area contributed by atoms with Crippen LogP contribution in [-0.2, 0) is 11.3 Å². The van der Waals surface area contributed by atoms with Crippen LogP contribution in [0.15, 0.2) is 18.2 Å². The Bertz CT molecular complexity index is 455. The van der Waals surface area contributed by atoms with Crippen LogP contribution in [0.2, 0.25) is 0 Å². The Balaban J connectivity index is 1.87. The molecule has 0 bridgehead atoms. The highest BCUT2D eigenvalue weighted by atomic mass is 16.5. The average molecular weight is 262 g/mol. The van der Waals surface area contributed by atoms with Crippen LogP contribution in [0.3, 0.4) is 0 Å². The predicted octanol–water partition coefficient (Wildman–Crippen LogP) is 1.71. The molecular weight excluding hydrogens is 240 g/mol. The van der Waals surface area contributed by atoms with Crippen LogP contribution in [0.4, 0.5) is 0 Å². The van der Waals surface area contributed by atoms with Crippen molar-refractivity contribution in [1.29, 1.82) is 0 Å². The number of aryl methyl sites for hydroxylation is 1. The molecule has 0 aliphatic heterocycles. The number of nitrogens with one attached hydrogen (secondary N) is 1. The van der Waals surface area contributed by atoms with Crippen molar-refractivity contribution in [2.24, 2.45) is 0 Å². The molecule has 104 valence electrons. The largest absolute Gasteiger partial charge is 0.496 e. The first-order chi connectivity index (χ1) is 9.10. The lowest BCUT2D eigenvalue weighted by atomic mass is 10.1. The molecule has 1 aliphatic rings. The average Bonchev–Trinajstić information content (AvgIpc) is 3.20. The molecule has 0 unspecified atom stereocenters. The number of amides is 1. The minimum Gasteiger partial charge on any atom is -0.496 e. The van der Waals surface area contributed by atoms with Crippen molar-refractivity contribution in [2.45, 2.75) is 32.4 Å². The van der Waals surface area contributed by atoms with Gasteiger partial charge in [0.05, 0.1) is 13.7 Å². The number of likely N-dealkylation sites (N-methyl/N-ethyl adjacent to an activating group) is 1. The summed E-state index contributed by atoms with van der Waals surface area (Å²) >= 11 is 0. The van der Waals surface area contributed by atoms with E-state index in [0.717, 1.165) is 16.9 Å². The monoisotopic (exact) mass is 262 g/mol. The number of ether oxygens (including phenoxy) is 1. The van der Waals surface area contributed by atoms with Crippen LogP contribution in [0.5, 0.6) is 5.75 Å². The van der Waals surface area contributed by atoms with E-state index in [1.807, 2.05) is 26.1 Å². The van der Waals surface area contributed by atoms with E-state index >= 15 is 0 Å². The second kappa shape index (κ2) is 6.06. The van der Waals surface area contributed by atoms with Gasteiger partial charge in [0.15, 0.2) is 0 Å². The van der Waals surface area contributed by atoms with Crippen molar-refractivity contribution in [3.63, 3.8) is 0 Å². The number of nitrogens with zero attached hydrogens (tertiary/aromatic N) is 1. The molecule has 2 rings (SSSR count). The molecule has 1 aliphatic carbocycles. The van der Waals surface area contributed by atoms with E-state index in [0.29, 0.717) is 19.1 Å². The number of rotatable bonds is 6. The van der Waals surface area contributed by atoms with Crippen molar-refractivity contribution >= 4 is 5.91 Å². The molecular formula is C15H22N2O2. The molecule has 0 radical (unpaired) electrons. The van der Waals surface area contributed by atoms with E-state index in [2.05, 4.69) is 11.4 Å². The number of hydrogen-bond acceptors (Lipinski definition) is 3. The summed E-state index contributed by atoms with van der Waals surface area (Å²) in [6.45, 7) is 3.09. The quantitative estimate of drug-likeness (QED) is 0.848. The summed E-state index contributed by atoms with van der Waals surface area (Å²) in [5, 5.41) is 3.24. The zero-order chi connectivity index (χ0) is 13.8. The van der Waals surface area contributed by atoms with Gasteiger partial charge in [-0.2, -0.15) is 0 Å². The summed E-state index contributed by atoms with van der Waals surface area (Å²) in [5.74, 6) is 1.02. The van der Waals surface area contributed by atoms with Crippen LogP contribution in [0.1, 0.15) is 24.0 Å². The zero-order valence-corrected chi connectivity index (χ0v) is 11.9. The fraction of sp³-hybridized carbons (Fsp3) is 0.533. The lowest BCUT2D eigenvalue weighted by molar-refractivity contribution is -0.129. The maximum Gasteiger partial charge on any atom is 0.236 e. The lowest BCUT2D eigenvalue weighted by Crippen LogP contribution is -2.35. The molecule has 1 amide bonds. The Morgan fingerprint density at radius 3 is 2.79 bits per heavy atom. The first kappa shape index (κ1) is 13.9. The molecule has 19 heavy (non-hydrogen) atoms. The van der Waals surface area contributed by atoms with Gasteiger partial charge in [0.25, 0.3) is 0 Å². The molecule has 4 nitrogen and oxygen atoms in total. The normalized spacial score (nSPS) is 14.3. The number of methoxy groups -OCH3 is 1. The molecule has 1 aromatic rings. The molecule has 1 saturated carbocycles. The summed E-state index contributed by atoms with van der Waals surface area (Å²) in [6, 6.07) is 6.59. The third-order valence-corrected chi connectivity index (χ3v) is 3.42. The number of carbonyl (C=O) groups excluding carboxylic acids is 1. The Kier molecular flexibility index (Phi) is 4.43. The number of hydrogen-bond donors (Lipinski definition) is 1. The van der Waals surface area contributed by atoms with Crippen molar-refractivity contribution in [3.8, 4) is 5.75 Å². The van der Waals surface area contributed by atoms with Gasteiger partial charge >= 0.3 is 0 Å². The second-order valence-corrected chi connectivity index (χ2v) is 5.21. The Morgan fingerprint density at radius 2 is 2.21 bits per heavy atom. The summed E-state index contributed by atoms with van der Waals surface area (Å²) in [5.41, 5.74) is 2.22. The van der Waals surface area contributed by atoms with Crippen LogP contribution in [-0.4, -0.2) is 37.6 Å². The van der Waals surface area contributed by atoms with Crippen LogP contribution in [0.25, 0.3) is 0 Å². The van der Waals surface area contributed by atoms with E-state index in [1.54, 1.807) is 12.0 Å². The van der Waals surface area contributed by atoms with Gasteiger partial charge < -0.3 is 15.0 Å². The van der Waals surface area contributed by atoms with E-state index in [-0.39, 0.29) is 5.91 Å². The second-order valence-electron chi connectivity index (χ2n) is 5.21. The van der Waals surface area contributed by atoms with Gasteiger partial charge in [0, 0.05) is 19.6 Å². The third-order valence-electron chi connectivity index (χ3n) is 3.42. The highest BCUT2D eigenvalue weighted by Crippen LogP contribution is 2.20. The SMILES string of the molecule is COc1ccc(CN(C)C(=O)CNC2CC2)cc1C.